The van der Waals surface area contributed by atoms with Crippen molar-refractivity contribution in [1.82, 2.24) is 4.98 Å². The van der Waals surface area contributed by atoms with E-state index in [1.54, 1.807) is 0 Å². The number of ether oxygens (including phenoxy) is 1. The SMILES string of the molecule is COc1nc(C(C)C)c(C(=O)O)s1. The van der Waals surface area contributed by atoms with E-state index < -0.39 is 5.97 Å². The van der Waals surface area contributed by atoms with E-state index in [4.69, 9.17) is 9.84 Å². The van der Waals surface area contributed by atoms with Gasteiger partial charge in [-0.1, -0.05) is 25.2 Å². The number of hydrogen-bond donors (Lipinski definition) is 1. The zero-order chi connectivity index (χ0) is 10.0. The maximum Gasteiger partial charge on any atom is 0.347 e. The van der Waals surface area contributed by atoms with Crippen LogP contribution in [0.4, 0.5) is 0 Å². The van der Waals surface area contributed by atoms with Gasteiger partial charge in [0.1, 0.15) is 4.88 Å². The third-order valence-electron chi connectivity index (χ3n) is 1.55. The Labute approximate surface area is 80.2 Å². The Hall–Kier alpha value is -1.10. The minimum Gasteiger partial charge on any atom is -0.477 e. The molecule has 1 N–H and O–H groups in total. The number of carboxylic acid groups (broad SMARTS) is 1. The van der Waals surface area contributed by atoms with Crippen molar-refractivity contribution in [2.75, 3.05) is 7.11 Å². The first-order valence-electron chi connectivity index (χ1n) is 3.84. The van der Waals surface area contributed by atoms with Gasteiger partial charge < -0.3 is 9.84 Å². The molecule has 0 bridgehead atoms. The molecule has 0 fully saturated rings. The molecule has 0 saturated carbocycles. The third-order valence-corrected chi connectivity index (χ3v) is 2.57. The maximum atomic E-state index is 10.8. The fourth-order valence-corrected chi connectivity index (χ4v) is 1.82. The molecule has 0 aromatic carbocycles. The lowest BCUT2D eigenvalue weighted by Gasteiger charge is -1.99. The van der Waals surface area contributed by atoms with Crippen LogP contribution in [0, 0.1) is 0 Å². The molecule has 5 heteroatoms. The van der Waals surface area contributed by atoms with Gasteiger partial charge in [-0.05, 0) is 5.92 Å². The van der Waals surface area contributed by atoms with Crippen molar-refractivity contribution >= 4 is 17.3 Å². The lowest BCUT2D eigenvalue weighted by Crippen LogP contribution is -2.00. The average molecular weight is 201 g/mol. The highest BCUT2D eigenvalue weighted by atomic mass is 32.1. The van der Waals surface area contributed by atoms with E-state index in [1.807, 2.05) is 13.8 Å². The monoisotopic (exact) mass is 201 g/mol. The fourth-order valence-electron chi connectivity index (χ4n) is 0.943. The molecule has 0 aliphatic carbocycles. The van der Waals surface area contributed by atoms with E-state index in [9.17, 15) is 4.79 Å². The zero-order valence-corrected chi connectivity index (χ0v) is 8.51. The fraction of sp³-hybridized carbons (Fsp3) is 0.500. The third kappa shape index (κ3) is 1.98. The second-order valence-electron chi connectivity index (χ2n) is 2.86. The second kappa shape index (κ2) is 3.74. The summed E-state index contributed by atoms with van der Waals surface area (Å²) in [4.78, 5) is 15.1. The summed E-state index contributed by atoms with van der Waals surface area (Å²) < 4.78 is 4.88. The second-order valence-corrected chi connectivity index (χ2v) is 3.82. The summed E-state index contributed by atoms with van der Waals surface area (Å²) in [6, 6.07) is 0. The minimum atomic E-state index is -0.940. The van der Waals surface area contributed by atoms with Crippen molar-refractivity contribution in [3.05, 3.63) is 10.6 Å². The molecule has 0 radical (unpaired) electrons. The Morgan fingerprint density at radius 2 is 2.23 bits per heavy atom. The molecule has 13 heavy (non-hydrogen) atoms. The summed E-state index contributed by atoms with van der Waals surface area (Å²) in [6.07, 6.45) is 0. The molecule has 1 aromatic heterocycles. The van der Waals surface area contributed by atoms with Gasteiger partial charge in [0.25, 0.3) is 5.19 Å². The van der Waals surface area contributed by atoms with Gasteiger partial charge in [-0.2, -0.15) is 0 Å². The number of aromatic nitrogens is 1. The van der Waals surface area contributed by atoms with Crippen LogP contribution in [0.1, 0.15) is 35.1 Å². The van der Waals surface area contributed by atoms with E-state index in [-0.39, 0.29) is 10.8 Å². The summed E-state index contributed by atoms with van der Waals surface area (Å²) in [5.74, 6) is -0.837. The quantitative estimate of drug-likeness (QED) is 0.812. The van der Waals surface area contributed by atoms with Crippen LogP contribution < -0.4 is 4.74 Å². The van der Waals surface area contributed by atoms with Gasteiger partial charge >= 0.3 is 5.97 Å². The first-order chi connectivity index (χ1) is 6.06. The van der Waals surface area contributed by atoms with E-state index in [0.29, 0.717) is 10.9 Å². The zero-order valence-electron chi connectivity index (χ0n) is 7.70. The van der Waals surface area contributed by atoms with E-state index >= 15 is 0 Å². The smallest absolute Gasteiger partial charge is 0.347 e. The largest absolute Gasteiger partial charge is 0.477 e. The molecule has 1 rings (SSSR count). The van der Waals surface area contributed by atoms with Gasteiger partial charge in [0, 0.05) is 0 Å². The van der Waals surface area contributed by atoms with Gasteiger partial charge in [0.15, 0.2) is 0 Å². The first-order valence-corrected chi connectivity index (χ1v) is 4.66. The van der Waals surface area contributed by atoms with Crippen LogP contribution in [-0.2, 0) is 0 Å². The van der Waals surface area contributed by atoms with Crippen molar-refractivity contribution in [3.63, 3.8) is 0 Å². The molecule has 4 nitrogen and oxygen atoms in total. The summed E-state index contributed by atoms with van der Waals surface area (Å²) in [6.45, 7) is 3.81. The van der Waals surface area contributed by atoms with E-state index in [1.165, 1.54) is 7.11 Å². The predicted octanol–water partition coefficient (Wildman–Crippen LogP) is 1.97. The van der Waals surface area contributed by atoms with Gasteiger partial charge in [-0.3, -0.25) is 0 Å². The molecule has 1 heterocycles. The van der Waals surface area contributed by atoms with Crippen LogP contribution in [0.15, 0.2) is 0 Å². The molecule has 0 atom stereocenters. The number of carbonyl (C=O) groups is 1. The Kier molecular flexibility index (Phi) is 2.87. The van der Waals surface area contributed by atoms with E-state index in [2.05, 4.69) is 4.98 Å². The highest BCUT2D eigenvalue weighted by Crippen LogP contribution is 2.29. The van der Waals surface area contributed by atoms with E-state index in [0.717, 1.165) is 11.3 Å². The summed E-state index contributed by atoms with van der Waals surface area (Å²) in [5.41, 5.74) is 0.592. The Bertz CT molecular complexity index is 319. The lowest BCUT2D eigenvalue weighted by molar-refractivity contribution is 0.0700. The highest BCUT2D eigenvalue weighted by molar-refractivity contribution is 7.15. The topological polar surface area (TPSA) is 59.4 Å². The number of nitrogens with zero attached hydrogens (tertiary/aromatic N) is 1. The van der Waals surface area contributed by atoms with Crippen molar-refractivity contribution in [3.8, 4) is 5.19 Å². The predicted molar refractivity (Wildman–Crippen MR) is 49.7 cm³/mol. The first kappa shape index (κ1) is 9.98. The molecule has 0 saturated heterocycles. The molecule has 0 spiro atoms. The lowest BCUT2D eigenvalue weighted by atomic mass is 10.1. The van der Waals surface area contributed by atoms with Crippen molar-refractivity contribution < 1.29 is 14.6 Å². The number of thiazole rings is 1. The number of methoxy groups -OCH3 is 1. The van der Waals surface area contributed by atoms with Crippen LogP contribution in [0.3, 0.4) is 0 Å². The van der Waals surface area contributed by atoms with Crippen molar-refractivity contribution in [2.45, 2.75) is 19.8 Å². The van der Waals surface area contributed by atoms with Gasteiger partial charge in [-0.15, -0.1) is 0 Å². The number of hydrogen-bond acceptors (Lipinski definition) is 4. The molecule has 0 amide bonds. The molecule has 0 aliphatic heterocycles. The molecule has 0 unspecified atom stereocenters. The number of aromatic carboxylic acids is 1. The Balaban J connectivity index is 3.15. The molecule has 1 aromatic rings. The van der Waals surface area contributed by atoms with Crippen LogP contribution in [0.25, 0.3) is 0 Å². The standard InChI is InChI=1S/C8H11NO3S/c1-4(2)5-6(7(10)11)13-8(9-5)12-3/h4H,1-3H3,(H,10,11). The average Bonchev–Trinajstić information content (AvgIpc) is 2.47. The Morgan fingerprint density at radius 1 is 1.62 bits per heavy atom. The molecule has 72 valence electrons. The van der Waals surface area contributed by atoms with Crippen molar-refractivity contribution in [1.29, 1.82) is 0 Å². The van der Waals surface area contributed by atoms with Crippen LogP contribution in [-0.4, -0.2) is 23.2 Å². The van der Waals surface area contributed by atoms with Crippen LogP contribution >= 0.6 is 11.3 Å². The highest BCUT2D eigenvalue weighted by Gasteiger charge is 2.19. The van der Waals surface area contributed by atoms with Gasteiger partial charge in [0.05, 0.1) is 12.8 Å². The summed E-state index contributed by atoms with van der Waals surface area (Å²) in [7, 11) is 1.48. The van der Waals surface area contributed by atoms with Crippen LogP contribution in [0.5, 0.6) is 5.19 Å². The molecule has 0 aliphatic rings. The number of carboxylic acids is 1. The Morgan fingerprint density at radius 3 is 2.54 bits per heavy atom. The summed E-state index contributed by atoms with van der Waals surface area (Å²) in [5, 5.41) is 9.24. The minimum absolute atomic E-state index is 0.103. The van der Waals surface area contributed by atoms with Gasteiger partial charge in [0.2, 0.25) is 0 Å². The van der Waals surface area contributed by atoms with Crippen LogP contribution in [0.2, 0.25) is 0 Å². The van der Waals surface area contributed by atoms with Crippen molar-refractivity contribution in [2.24, 2.45) is 0 Å². The molecular weight excluding hydrogens is 190 g/mol. The normalized spacial score (nSPS) is 10.5. The number of rotatable bonds is 3. The maximum absolute atomic E-state index is 10.8. The molecular formula is C8H11NO3S. The summed E-state index contributed by atoms with van der Waals surface area (Å²) >= 11 is 1.06. The van der Waals surface area contributed by atoms with Gasteiger partial charge in [-0.25, -0.2) is 9.78 Å².